The molecule has 0 aliphatic rings. The highest BCUT2D eigenvalue weighted by molar-refractivity contribution is 6.77. The van der Waals surface area contributed by atoms with Crippen molar-refractivity contribution < 1.29 is 19.0 Å². The zero-order valence-electron chi connectivity index (χ0n) is 26.1. The van der Waals surface area contributed by atoms with Gasteiger partial charge in [0, 0.05) is 13.2 Å². The van der Waals surface area contributed by atoms with E-state index in [-0.39, 0.29) is 6.10 Å². The van der Waals surface area contributed by atoms with Gasteiger partial charge in [0.15, 0.2) is 8.32 Å². The van der Waals surface area contributed by atoms with E-state index in [0.29, 0.717) is 35.6 Å². The molecule has 218 valence electrons. The molecular weight excluding hydrogens is 512 g/mol. The van der Waals surface area contributed by atoms with E-state index in [1.54, 1.807) is 0 Å². The van der Waals surface area contributed by atoms with E-state index in [1.807, 2.05) is 38.1 Å². The highest BCUT2D eigenvalue weighted by Crippen LogP contribution is 2.42. The van der Waals surface area contributed by atoms with Crippen LogP contribution in [0.4, 0.5) is 0 Å². The second-order valence-corrected chi connectivity index (χ2v) is 17.4. The number of aromatic hydroxyl groups is 1. The molecule has 0 aliphatic carbocycles. The van der Waals surface area contributed by atoms with Crippen molar-refractivity contribution in [2.75, 3.05) is 13.2 Å². The molecule has 5 heteroatoms. The SMILES string of the molecule is CCO[C@@H](CCO[Si](C(C)C)(C(C)C)C(C)C)c1ccc(OCc2cccc(-c3c(C)cc(O)cc3C)c2)cc1. The second kappa shape index (κ2) is 14.3. The molecule has 40 heavy (non-hydrogen) atoms. The average molecular weight is 563 g/mol. The maximum atomic E-state index is 9.92. The number of phenols is 1. The Morgan fingerprint density at radius 2 is 1.40 bits per heavy atom. The molecule has 3 aromatic carbocycles. The Kier molecular flexibility index (Phi) is 11.4. The average Bonchev–Trinajstić information content (AvgIpc) is 2.88. The largest absolute Gasteiger partial charge is 0.508 e. The van der Waals surface area contributed by atoms with Crippen LogP contribution in [0, 0.1) is 13.8 Å². The molecule has 3 rings (SSSR count). The van der Waals surface area contributed by atoms with E-state index >= 15 is 0 Å². The lowest BCUT2D eigenvalue weighted by molar-refractivity contribution is 0.0439. The molecule has 0 saturated carbocycles. The van der Waals surface area contributed by atoms with Crippen LogP contribution in [0.15, 0.2) is 60.7 Å². The highest BCUT2D eigenvalue weighted by atomic mass is 28.4. The quantitative estimate of drug-likeness (QED) is 0.199. The van der Waals surface area contributed by atoms with Gasteiger partial charge in [-0.1, -0.05) is 71.9 Å². The summed E-state index contributed by atoms with van der Waals surface area (Å²) in [5.74, 6) is 1.14. The number of hydrogen-bond donors (Lipinski definition) is 1. The molecule has 1 N–H and O–H groups in total. The Morgan fingerprint density at radius 1 is 0.800 bits per heavy atom. The summed E-state index contributed by atoms with van der Waals surface area (Å²) in [4.78, 5) is 0. The van der Waals surface area contributed by atoms with Gasteiger partial charge in [-0.3, -0.25) is 0 Å². The summed E-state index contributed by atoms with van der Waals surface area (Å²) >= 11 is 0. The minimum absolute atomic E-state index is 0.00528. The zero-order chi connectivity index (χ0) is 29.4. The predicted octanol–water partition coefficient (Wildman–Crippen LogP) is 9.91. The second-order valence-electron chi connectivity index (χ2n) is 11.9. The number of rotatable bonds is 14. The first-order valence-corrected chi connectivity index (χ1v) is 17.0. The van der Waals surface area contributed by atoms with Crippen LogP contribution in [-0.4, -0.2) is 26.6 Å². The lowest BCUT2D eigenvalue weighted by Gasteiger charge is -2.42. The summed E-state index contributed by atoms with van der Waals surface area (Å²) in [7, 11) is -1.89. The molecule has 0 bridgehead atoms. The van der Waals surface area contributed by atoms with Crippen molar-refractivity contribution in [2.45, 2.75) is 98.1 Å². The number of aryl methyl sites for hydroxylation is 2. The Labute approximate surface area is 243 Å². The molecule has 0 heterocycles. The van der Waals surface area contributed by atoms with Gasteiger partial charge in [-0.25, -0.2) is 0 Å². The summed E-state index contributed by atoms with van der Waals surface area (Å²) in [5, 5.41) is 9.92. The van der Waals surface area contributed by atoms with E-state index in [1.165, 1.54) is 0 Å². The number of hydrogen-bond acceptors (Lipinski definition) is 4. The van der Waals surface area contributed by atoms with Crippen LogP contribution >= 0.6 is 0 Å². The Hall–Kier alpha value is -2.60. The first-order chi connectivity index (χ1) is 19.0. The van der Waals surface area contributed by atoms with E-state index in [4.69, 9.17) is 13.9 Å². The van der Waals surface area contributed by atoms with Gasteiger partial charge in [-0.05, 0) is 108 Å². The third-order valence-corrected chi connectivity index (χ3v) is 14.3. The molecule has 0 radical (unpaired) electrons. The third kappa shape index (κ3) is 7.57. The van der Waals surface area contributed by atoms with Crippen molar-refractivity contribution in [2.24, 2.45) is 0 Å². The van der Waals surface area contributed by atoms with E-state index in [9.17, 15) is 5.11 Å². The summed E-state index contributed by atoms with van der Waals surface area (Å²) in [6.45, 7) is 22.0. The standard InChI is InChI=1S/C35H50O4Si/c1-10-37-34(18-19-39-40(24(2)3,25(4)5)26(6)7)30-14-16-33(17-15-30)38-23-29-12-11-13-31(22-29)35-27(8)20-32(36)21-28(35)9/h11-17,20-22,24-26,34,36H,10,18-19,23H2,1-9H3/t34-/m0/s1. The van der Waals surface area contributed by atoms with Crippen LogP contribution in [-0.2, 0) is 15.8 Å². The molecular formula is C35H50O4Si. The zero-order valence-corrected chi connectivity index (χ0v) is 27.1. The summed E-state index contributed by atoms with van der Waals surface area (Å²) in [6, 6.07) is 20.4. The lowest BCUT2D eigenvalue weighted by atomic mass is 9.94. The molecule has 0 unspecified atom stereocenters. The van der Waals surface area contributed by atoms with Gasteiger partial charge in [-0.2, -0.15) is 0 Å². The number of ether oxygens (including phenoxy) is 2. The van der Waals surface area contributed by atoms with E-state index in [0.717, 1.165) is 52.2 Å². The van der Waals surface area contributed by atoms with Gasteiger partial charge in [0.2, 0.25) is 0 Å². The monoisotopic (exact) mass is 562 g/mol. The fourth-order valence-electron chi connectivity index (χ4n) is 6.55. The van der Waals surface area contributed by atoms with Crippen molar-refractivity contribution in [1.29, 1.82) is 0 Å². The summed E-state index contributed by atoms with van der Waals surface area (Å²) in [6.07, 6.45) is 0.850. The predicted molar refractivity (Wildman–Crippen MR) is 170 cm³/mol. The van der Waals surface area contributed by atoms with Crippen molar-refractivity contribution in [3.05, 3.63) is 82.9 Å². The van der Waals surface area contributed by atoms with Crippen molar-refractivity contribution >= 4 is 8.32 Å². The highest BCUT2D eigenvalue weighted by Gasteiger charge is 2.44. The van der Waals surface area contributed by atoms with Gasteiger partial charge in [-0.15, -0.1) is 0 Å². The van der Waals surface area contributed by atoms with Gasteiger partial charge in [0.25, 0.3) is 0 Å². The van der Waals surface area contributed by atoms with E-state index in [2.05, 4.69) is 84.9 Å². The van der Waals surface area contributed by atoms with Crippen LogP contribution in [0.1, 0.15) is 83.2 Å². The molecule has 0 aromatic heterocycles. The third-order valence-electron chi connectivity index (χ3n) is 8.20. The van der Waals surface area contributed by atoms with Crippen LogP contribution < -0.4 is 4.74 Å². The number of phenolic OH excluding ortho intramolecular Hbond substituents is 1. The van der Waals surface area contributed by atoms with Crippen LogP contribution in [0.25, 0.3) is 11.1 Å². The molecule has 0 aliphatic heterocycles. The molecule has 1 atom stereocenters. The fraction of sp³-hybridized carbons (Fsp3) is 0.486. The first-order valence-electron chi connectivity index (χ1n) is 14.9. The summed E-state index contributed by atoms with van der Waals surface area (Å²) in [5.41, 5.74) is 8.39. The van der Waals surface area contributed by atoms with E-state index < -0.39 is 8.32 Å². The first kappa shape index (κ1) is 31.9. The van der Waals surface area contributed by atoms with Crippen LogP contribution in [0.5, 0.6) is 11.5 Å². The Bertz CT molecular complexity index is 1170. The minimum atomic E-state index is -1.89. The molecule has 0 fully saturated rings. The van der Waals surface area contributed by atoms with Gasteiger partial charge in [0.1, 0.15) is 18.1 Å². The molecule has 3 aromatic rings. The Balaban J connectivity index is 1.65. The minimum Gasteiger partial charge on any atom is -0.508 e. The fourth-order valence-corrected chi connectivity index (χ4v) is 12.0. The van der Waals surface area contributed by atoms with Gasteiger partial charge < -0.3 is 19.0 Å². The molecule has 0 spiro atoms. The maximum absolute atomic E-state index is 9.92. The topological polar surface area (TPSA) is 47.9 Å². The smallest absolute Gasteiger partial charge is 0.200 e. The van der Waals surface area contributed by atoms with Crippen molar-refractivity contribution in [3.63, 3.8) is 0 Å². The van der Waals surface area contributed by atoms with Gasteiger partial charge >= 0.3 is 0 Å². The van der Waals surface area contributed by atoms with Gasteiger partial charge in [0.05, 0.1) is 6.10 Å². The maximum Gasteiger partial charge on any atom is 0.200 e. The van der Waals surface area contributed by atoms with Crippen molar-refractivity contribution in [3.8, 4) is 22.6 Å². The summed E-state index contributed by atoms with van der Waals surface area (Å²) < 4.78 is 19.1. The number of benzene rings is 3. The Morgan fingerprint density at radius 3 is 1.95 bits per heavy atom. The molecule has 4 nitrogen and oxygen atoms in total. The van der Waals surface area contributed by atoms with Crippen LogP contribution in [0.3, 0.4) is 0 Å². The lowest BCUT2D eigenvalue weighted by Crippen LogP contribution is -2.48. The van der Waals surface area contributed by atoms with Crippen molar-refractivity contribution in [1.82, 2.24) is 0 Å². The molecule has 0 saturated heterocycles. The van der Waals surface area contributed by atoms with Crippen LogP contribution in [0.2, 0.25) is 16.6 Å². The normalized spacial score (nSPS) is 12.9. The molecule has 0 amide bonds.